The topological polar surface area (TPSA) is 106 Å². The molecule has 10 heteroatoms. The number of anilines is 1. The molecule has 0 saturated carbocycles. The van der Waals surface area contributed by atoms with E-state index in [2.05, 4.69) is 32.4 Å². The zero-order valence-electron chi connectivity index (χ0n) is 22.0. The molecule has 8 nitrogen and oxygen atoms in total. The number of hydrogen-bond acceptors (Lipinski definition) is 5. The van der Waals surface area contributed by atoms with Crippen molar-refractivity contribution in [3.8, 4) is 0 Å². The number of nitrogens with zero attached hydrogens (tertiary/aromatic N) is 1. The molecule has 2 aliphatic heterocycles. The van der Waals surface area contributed by atoms with Crippen LogP contribution in [-0.4, -0.2) is 53.3 Å². The van der Waals surface area contributed by atoms with Gasteiger partial charge in [0.2, 0.25) is 5.91 Å². The van der Waals surface area contributed by atoms with Crippen LogP contribution in [0.25, 0.3) is 11.6 Å². The van der Waals surface area contributed by atoms with Crippen LogP contribution in [0.1, 0.15) is 57.0 Å². The summed E-state index contributed by atoms with van der Waals surface area (Å²) in [6, 6.07) is 8.16. The number of H-pyrrole nitrogens is 1. The van der Waals surface area contributed by atoms with Gasteiger partial charge in [0.15, 0.2) is 0 Å². The Morgan fingerprint density at radius 2 is 2.10 bits per heavy atom. The van der Waals surface area contributed by atoms with Crippen LogP contribution >= 0.6 is 11.3 Å². The predicted molar refractivity (Wildman–Crippen MR) is 151 cm³/mol. The van der Waals surface area contributed by atoms with E-state index in [1.807, 2.05) is 24.8 Å². The van der Waals surface area contributed by atoms with Gasteiger partial charge in [-0.05, 0) is 74.5 Å². The van der Waals surface area contributed by atoms with Gasteiger partial charge in [-0.1, -0.05) is 6.07 Å². The number of carbonyl (C=O) groups excluding carboxylic acids is 3. The van der Waals surface area contributed by atoms with Crippen molar-refractivity contribution in [3.63, 3.8) is 0 Å². The first kappa shape index (κ1) is 26.8. The second-order valence-corrected chi connectivity index (χ2v) is 11.1. The molecule has 1 saturated heterocycles. The standard InChI is InChI=1S/C29H32FN5O3S/c1-17-25(14-23-22-13-19(30)7-8-24(22)34-28(23)37)32-18(2)27(17)29(38)33-20-9-11-35(16-20)26(36)6-3-10-31-15-21-5-4-12-39-21/h4-5,7-8,12-14,20,31-32H,3,6,9-11,15-16H2,1-2H3,(H,33,38)(H,34,37)/b23-14-/t20-/m0/s1. The van der Waals surface area contributed by atoms with Crippen molar-refractivity contribution in [2.75, 3.05) is 25.0 Å². The van der Waals surface area contributed by atoms with Crippen LogP contribution in [0.15, 0.2) is 35.7 Å². The molecule has 4 N–H and O–H groups in total. The molecular weight excluding hydrogens is 517 g/mol. The summed E-state index contributed by atoms with van der Waals surface area (Å²) in [5.74, 6) is -0.850. The number of thiophene rings is 1. The maximum atomic E-state index is 13.8. The lowest BCUT2D eigenvalue weighted by Crippen LogP contribution is -2.38. The molecule has 0 radical (unpaired) electrons. The molecule has 1 atom stereocenters. The van der Waals surface area contributed by atoms with Gasteiger partial charge in [-0.25, -0.2) is 4.39 Å². The molecular formula is C29H32FN5O3S. The first-order valence-corrected chi connectivity index (χ1v) is 14.0. The fourth-order valence-electron chi connectivity index (χ4n) is 5.22. The lowest BCUT2D eigenvalue weighted by atomic mass is 10.0. The van der Waals surface area contributed by atoms with E-state index in [0.717, 1.165) is 19.5 Å². The van der Waals surface area contributed by atoms with Crippen LogP contribution in [-0.2, 0) is 16.1 Å². The fraction of sp³-hybridized carbons (Fsp3) is 0.345. The second kappa shape index (κ2) is 11.5. The van der Waals surface area contributed by atoms with Crippen LogP contribution in [0.5, 0.6) is 0 Å². The Balaban J connectivity index is 1.16. The number of amides is 3. The smallest absolute Gasteiger partial charge is 0.256 e. The molecule has 1 aromatic carbocycles. The molecule has 2 aliphatic rings. The number of aryl methyl sites for hydroxylation is 1. The molecule has 4 heterocycles. The van der Waals surface area contributed by atoms with Gasteiger partial charge in [-0.15, -0.1) is 11.3 Å². The van der Waals surface area contributed by atoms with Crippen LogP contribution in [0.2, 0.25) is 0 Å². The highest BCUT2D eigenvalue weighted by Gasteiger charge is 2.29. The van der Waals surface area contributed by atoms with Gasteiger partial charge in [-0.2, -0.15) is 0 Å². The minimum Gasteiger partial charge on any atom is -0.358 e. The highest BCUT2D eigenvalue weighted by atomic mass is 32.1. The summed E-state index contributed by atoms with van der Waals surface area (Å²) in [4.78, 5) is 44.7. The number of likely N-dealkylation sites (tertiary alicyclic amines) is 1. The zero-order valence-corrected chi connectivity index (χ0v) is 22.8. The van der Waals surface area contributed by atoms with Crippen molar-refractivity contribution in [3.05, 3.63) is 74.5 Å². The minimum absolute atomic E-state index is 0.110. The van der Waals surface area contributed by atoms with Crippen LogP contribution in [0.4, 0.5) is 10.1 Å². The number of fused-ring (bicyclic) bond motifs is 1. The SMILES string of the molecule is Cc1[nH]c(/C=C2\C(=O)Nc3ccc(F)cc32)c(C)c1C(=O)N[C@H]1CCN(C(=O)CCCNCc2cccs2)C1. The van der Waals surface area contributed by atoms with Crippen LogP contribution in [0.3, 0.4) is 0 Å². The quantitative estimate of drug-likeness (QED) is 0.237. The Labute approximate surface area is 230 Å². The molecule has 39 heavy (non-hydrogen) atoms. The van der Waals surface area contributed by atoms with Gasteiger partial charge in [0, 0.05) is 59.6 Å². The first-order valence-electron chi connectivity index (χ1n) is 13.1. The Bertz CT molecular complexity index is 1430. The maximum Gasteiger partial charge on any atom is 0.256 e. The van der Waals surface area contributed by atoms with E-state index in [4.69, 9.17) is 0 Å². The number of carbonyl (C=O) groups is 3. The molecule has 3 amide bonds. The van der Waals surface area contributed by atoms with Crippen molar-refractivity contribution in [2.45, 2.75) is 45.7 Å². The molecule has 1 fully saturated rings. The van der Waals surface area contributed by atoms with Crippen LogP contribution < -0.4 is 16.0 Å². The van der Waals surface area contributed by atoms with Gasteiger partial charge in [0.25, 0.3) is 11.8 Å². The monoisotopic (exact) mass is 549 g/mol. The minimum atomic E-state index is -0.425. The van der Waals surface area contributed by atoms with E-state index in [-0.39, 0.29) is 23.8 Å². The van der Waals surface area contributed by atoms with Crippen LogP contribution in [0, 0.1) is 19.7 Å². The fourth-order valence-corrected chi connectivity index (χ4v) is 5.89. The van der Waals surface area contributed by atoms with Crippen molar-refractivity contribution >= 4 is 46.4 Å². The third-order valence-corrected chi connectivity index (χ3v) is 8.13. The number of aromatic amines is 1. The normalized spacial score (nSPS) is 17.5. The summed E-state index contributed by atoms with van der Waals surface area (Å²) in [6.07, 6.45) is 3.61. The van der Waals surface area contributed by atoms with Gasteiger partial charge in [0.1, 0.15) is 5.82 Å². The summed E-state index contributed by atoms with van der Waals surface area (Å²) < 4.78 is 13.8. The number of halogens is 1. The summed E-state index contributed by atoms with van der Waals surface area (Å²) in [5, 5.41) is 11.2. The number of hydrogen-bond donors (Lipinski definition) is 4. The van der Waals surface area contributed by atoms with E-state index in [0.29, 0.717) is 65.3 Å². The average Bonchev–Trinajstić information content (AvgIpc) is 3.68. The number of nitrogens with one attached hydrogen (secondary N) is 4. The van der Waals surface area contributed by atoms with Crippen molar-refractivity contribution < 1.29 is 18.8 Å². The molecule has 204 valence electrons. The van der Waals surface area contributed by atoms with E-state index in [1.54, 1.807) is 17.4 Å². The highest BCUT2D eigenvalue weighted by molar-refractivity contribution is 7.09. The Morgan fingerprint density at radius 3 is 2.90 bits per heavy atom. The summed E-state index contributed by atoms with van der Waals surface area (Å²) >= 11 is 1.71. The van der Waals surface area contributed by atoms with E-state index in [1.165, 1.54) is 23.1 Å². The van der Waals surface area contributed by atoms with Crippen molar-refractivity contribution in [2.24, 2.45) is 0 Å². The molecule has 0 unspecified atom stereocenters. The zero-order chi connectivity index (χ0) is 27.5. The molecule has 5 rings (SSSR count). The molecule has 3 aromatic rings. The molecule has 0 spiro atoms. The third kappa shape index (κ3) is 5.97. The molecule has 0 bridgehead atoms. The van der Waals surface area contributed by atoms with Gasteiger partial charge < -0.3 is 25.8 Å². The second-order valence-electron chi connectivity index (χ2n) is 10.0. The first-order chi connectivity index (χ1) is 18.8. The van der Waals surface area contributed by atoms with Gasteiger partial charge >= 0.3 is 0 Å². The van der Waals surface area contributed by atoms with Crippen molar-refractivity contribution in [1.29, 1.82) is 0 Å². The summed E-state index contributed by atoms with van der Waals surface area (Å²) in [7, 11) is 0. The lowest BCUT2D eigenvalue weighted by molar-refractivity contribution is -0.130. The largest absolute Gasteiger partial charge is 0.358 e. The van der Waals surface area contributed by atoms with Crippen molar-refractivity contribution in [1.82, 2.24) is 20.5 Å². The molecule has 2 aromatic heterocycles. The Kier molecular flexibility index (Phi) is 7.94. The Morgan fingerprint density at radius 1 is 1.26 bits per heavy atom. The third-order valence-electron chi connectivity index (χ3n) is 7.26. The lowest BCUT2D eigenvalue weighted by Gasteiger charge is -2.17. The highest BCUT2D eigenvalue weighted by Crippen LogP contribution is 2.34. The average molecular weight is 550 g/mol. The van der Waals surface area contributed by atoms with E-state index >= 15 is 0 Å². The number of benzene rings is 1. The number of aromatic nitrogens is 1. The van der Waals surface area contributed by atoms with Gasteiger partial charge in [0.05, 0.1) is 11.1 Å². The Hall–Kier alpha value is -3.76. The summed E-state index contributed by atoms with van der Waals surface area (Å²) in [5.41, 5.74) is 3.91. The molecule has 0 aliphatic carbocycles. The van der Waals surface area contributed by atoms with E-state index < -0.39 is 5.82 Å². The maximum absolute atomic E-state index is 13.8. The number of rotatable bonds is 9. The van der Waals surface area contributed by atoms with Gasteiger partial charge in [-0.3, -0.25) is 14.4 Å². The summed E-state index contributed by atoms with van der Waals surface area (Å²) in [6.45, 7) is 6.35. The predicted octanol–water partition coefficient (Wildman–Crippen LogP) is 4.23. The van der Waals surface area contributed by atoms with E-state index in [9.17, 15) is 18.8 Å².